The summed E-state index contributed by atoms with van der Waals surface area (Å²) < 4.78 is 69.4. The summed E-state index contributed by atoms with van der Waals surface area (Å²) in [4.78, 5) is -0.326. The Morgan fingerprint density at radius 1 is 1.07 bits per heavy atom. The summed E-state index contributed by atoms with van der Waals surface area (Å²) in [5.41, 5.74) is 1.41. The molecule has 0 fully saturated rings. The molecule has 0 radical (unpaired) electrons. The van der Waals surface area contributed by atoms with E-state index in [0.717, 1.165) is 17.8 Å². The Morgan fingerprint density at radius 2 is 1.85 bits per heavy atom. The number of benzene rings is 2. The number of nitrogens with zero attached hydrogens (tertiary/aromatic N) is 2. The predicted octanol–water partition coefficient (Wildman–Crippen LogP) is 3.25. The van der Waals surface area contributed by atoms with Crippen molar-refractivity contribution in [2.75, 3.05) is 0 Å². The fraction of sp³-hybridized carbons (Fsp3) is 0.118. The molecule has 142 valence electrons. The molecule has 0 atom stereocenters. The van der Waals surface area contributed by atoms with E-state index in [1.54, 1.807) is 41.3 Å². The molecule has 10 heteroatoms. The lowest BCUT2D eigenvalue weighted by Crippen LogP contribution is -2.23. The number of hydrogen-bond donors (Lipinski definition) is 1. The van der Waals surface area contributed by atoms with Gasteiger partial charge in [-0.05, 0) is 35.9 Å². The van der Waals surface area contributed by atoms with Gasteiger partial charge in [0.2, 0.25) is 10.0 Å². The van der Waals surface area contributed by atoms with Crippen LogP contribution in [0.3, 0.4) is 0 Å². The largest absolute Gasteiger partial charge is 0.573 e. The lowest BCUT2D eigenvalue weighted by atomic mass is 10.2. The highest BCUT2D eigenvalue weighted by Crippen LogP contribution is 2.25. The Labute approximate surface area is 153 Å². The van der Waals surface area contributed by atoms with Crippen LogP contribution in [0.15, 0.2) is 71.9 Å². The molecular weight excluding hydrogens is 383 g/mol. The smallest absolute Gasteiger partial charge is 0.406 e. The van der Waals surface area contributed by atoms with E-state index in [0.29, 0.717) is 5.56 Å². The molecule has 0 aliphatic heterocycles. The molecule has 0 saturated carbocycles. The van der Waals surface area contributed by atoms with Gasteiger partial charge in [0, 0.05) is 25.0 Å². The van der Waals surface area contributed by atoms with Crippen LogP contribution >= 0.6 is 0 Å². The topological polar surface area (TPSA) is 73.2 Å². The molecule has 0 saturated heterocycles. The third kappa shape index (κ3) is 5.08. The van der Waals surface area contributed by atoms with Crippen molar-refractivity contribution < 1.29 is 26.3 Å². The highest BCUT2D eigenvalue weighted by atomic mass is 32.2. The van der Waals surface area contributed by atoms with Crippen LogP contribution in [0.5, 0.6) is 5.75 Å². The minimum absolute atomic E-state index is 0.0399. The third-order valence-corrected chi connectivity index (χ3v) is 4.89. The number of hydrogen-bond acceptors (Lipinski definition) is 4. The summed E-state index contributed by atoms with van der Waals surface area (Å²) in [5.74, 6) is -0.606. The maximum Gasteiger partial charge on any atom is 0.573 e. The van der Waals surface area contributed by atoms with Crippen molar-refractivity contribution in [1.82, 2.24) is 14.5 Å². The lowest BCUT2D eigenvalue weighted by molar-refractivity contribution is -0.274. The highest BCUT2D eigenvalue weighted by molar-refractivity contribution is 7.89. The number of nitrogens with one attached hydrogen (secondary N) is 1. The molecule has 1 N–H and O–H groups in total. The molecule has 0 bridgehead atoms. The molecule has 0 aliphatic carbocycles. The minimum atomic E-state index is -4.90. The number of rotatable bonds is 6. The number of aromatic nitrogens is 2. The Hall–Kier alpha value is -2.85. The van der Waals surface area contributed by atoms with Crippen molar-refractivity contribution >= 4 is 10.0 Å². The van der Waals surface area contributed by atoms with E-state index < -0.39 is 22.1 Å². The van der Waals surface area contributed by atoms with E-state index in [9.17, 15) is 21.6 Å². The first-order valence-corrected chi connectivity index (χ1v) is 9.16. The van der Waals surface area contributed by atoms with Gasteiger partial charge in [-0.3, -0.25) is 0 Å². The van der Waals surface area contributed by atoms with E-state index in [-0.39, 0.29) is 11.4 Å². The van der Waals surface area contributed by atoms with Crippen LogP contribution in [0.4, 0.5) is 13.2 Å². The number of halogens is 3. The Balaban J connectivity index is 1.74. The summed E-state index contributed by atoms with van der Waals surface area (Å²) >= 11 is 0. The second-order valence-corrected chi connectivity index (χ2v) is 7.23. The van der Waals surface area contributed by atoms with Crippen molar-refractivity contribution in [2.24, 2.45) is 0 Å². The van der Waals surface area contributed by atoms with Gasteiger partial charge in [0.25, 0.3) is 0 Å². The zero-order chi connectivity index (χ0) is 19.5. The standard InChI is InChI=1S/C17H14F3N3O3S/c18-17(19,20)26-15-6-2-7-16(11-15)27(24,25)22-12-13-4-1-5-14(10-13)23-9-3-8-21-23/h1-11,22H,12H2. The fourth-order valence-corrected chi connectivity index (χ4v) is 3.38. The second-order valence-electron chi connectivity index (χ2n) is 5.47. The van der Waals surface area contributed by atoms with E-state index >= 15 is 0 Å². The number of alkyl halides is 3. The van der Waals surface area contributed by atoms with E-state index in [1.807, 2.05) is 6.07 Å². The first-order chi connectivity index (χ1) is 12.7. The van der Waals surface area contributed by atoms with Gasteiger partial charge in [-0.25, -0.2) is 17.8 Å². The summed E-state index contributed by atoms with van der Waals surface area (Å²) in [6.07, 6.45) is -1.54. The summed E-state index contributed by atoms with van der Waals surface area (Å²) in [6, 6.07) is 13.0. The van der Waals surface area contributed by atoms with Crippen LogP contribution in [0.1, 0.15) is 5.56 Å². The first-order valence-electron chi connectivity index (χ1n) is 7.67. The molecule has 6 nitrogen and oxygen atoms in total. The van der Waals surface area contributed by atoms with Crippen LogP contribution in [-0.4, -0.2) is 24.6 Å². The molecule has 27 heavy (non-hydrogen) atoms. The molecule has 3 rings (SSSR count). The van der Waals surface area contributed by atoms with Crippen LogP contribution < -0.4 is 9.46 Å². The average molecular weight is 397 g/mol. The van der Waals surface area contributed by atoms with Crippen LogP contribution in [0, 0.1) is 0 Å². The van der Waals surface area contributed by atoms with E-state index in [4.69, 9.17) is 0 Å². The Morgan fingerprint density at radius 3 is 2.56 bits per heavy atom. The van der Waals surface area contributed by atoms with Crippen molar-refractivity contribution in [2.45, 2.75) is 17.8 Å². The molecule has 1 heterocycles. The first kappa shape index (κ1) is 18.9. The average Bonchev–Trinajstić information content (AvgIpc) is 3.14. The number of ether oxygens (including phenoxy) is 1. The Kier molecular flexibility index (Phi) is 5.19. The molecule has 0 aliphatic rings. The lowest BCUT2D eigenvalue weighted by Gasteiger charge is -2.11. The zero-order valence-electron chi connectivity index (χ0n) is 13.7. The van der Waals surface area contributed by atoms with Crippen molar-refractivity contribution in [3.8, 4) is 11.4 Å². The molecule has 0 amide bonds. The van der Waals surface area contributed by atoms with Gasteiger partial charge in [0.05, 0.1) is 10.6 Å². The van der Waals surface area contributed by atoms with Gasteiger partial charge >= 0.3 is 6.36 Å². The molecule has 0 spiro atoms. The number of sulfonamides is 1. The molecule has 3 aromatic rings. The summed E-state index contributed by atoms with van der Waals surface area (Å²) in [7, 11) is -4.02. The van der Waals surface area contributed by atoms with Gasteiger partial charge in [-0.1, -0.05) is 18.2 Å². The summed E-state index contributed by atoms with van der Waals surface area (Å²) in [6.45, 7) is -0.0399. The Bertz CT molecular complexity index is 1020. The van der Waals surface area contributed by atoms with Gasteiger partial charge in [-0.15, -0.1) is 13.2 Å². The third-order valence-electron chi connectivity index (χ3n) is 3.50. The monoisotopic (exact) mass is 397 g/mol. The second kappa shape index (κ2) is 7.41. The highest BCUT2D eigenvalue weighted by Gasteiger charge is 2.31. The van der Waals surface area contributed by atoms with Gasteiger partial charge < -0.3 is 4.74 Å². The normalized spacial score (nSPS) is 12.1. The van der Waals surface area contributed by atoms with Gasteiger partial charge in [0.1, 0.15) is 5.75 Å². The van der Waals surface area contributed by atoms with Crippen LogP contribution in [0.25, 0.3) is 5.69 Å². The fourth-order valence-electron chi connectivity index (χ4n) is 2.33. The van der Waals surface area contributed by atoms with Crippen molar-refractivity contribution in [1.29, 1.82) is 0 Å². The SMILES string of the molecule is O=S(=O)(NCc1cccc(-n2cccn2)c1)c1cccc(OC(F)(F)F)c1. The molecule has 0 unspecified atom stereocenters. The van der Waals surface area contributed by atoms with E-state index in [2.05, 4.69) is 14.6 Å². The van der Waals surface area contributed by atoms with Gasteiger partial charge in [-0.2, -0.15) is 5.10 Å². The van der Waals surface area contributed by atoms with Crippen LogP contribution in [-0.2, 0) is 16.6 Å². The molecular formula is C17H14F3N3O3S. The quantitative estimate of drug-likeness (QED) is 0.693. The minimum Gasteiger partial charge on any atom is -0.406 e. The van der Waals surface area contributed by atoms with Gasteiger partial charge in [0.15, 0.2) is 0 Å². The van der Waals surface area contributed by atoms with Crippen molar-refractivity contribution in [3.05, 3.63) is 72.6 Å². The maximum absolute atomic E-state index is 12.4. The molecule has 2 aromatic carbocycles. The maximum atomic E-state index is 12.4. The van der Waals surface area contributed by atoms with E-state index in [1.165, 1.54) is 12.1 Å². The zero-order valence-corrected chi connectivity index (χ0v) is 14.5. The molecule has 1 aromatic heterocycles. The predicted molar refractivity (Wildman–Crippen MR) is 90.7 cm³/mol. The van der Waals surface area contributed by atoms with Crippen molar-refractivity contribution in [3.63, 3.8) is 0 Å². The van der Waals surface area contributed by atoms with Crippen LogP contribution in [0.2, 0.25) is 0 Å². The summed E-state index contributed by atoms with van der Waals surface area (Å²) in [5, 5.41) is 4.10.